The second-order valence-electron chi connectivity index (χ2n) is 3.97. The molecule has 0 aromatic carbocycles. The van der Waals surface area contributed by atoms with Crippen molar-refractivity contribution in [2.75, 3.05) is 20.6 Å². The summed E-state index contributed by atoms with van der Waals surface area (Å²) in [5.41, 5.74) is 0.0818. The van der Waals surface area contributed by atoms with E-state index in [4.69, 9.17) is 0 Å². The Morgan fingerprint density at radius 2 is 2.00 bits per heavy atom. The van der Waals surface area contributed by atoms with Crippen molar-refractivity contribution in [1.29, 1.82) is 0 Å². The van der Waals surface area contributed by atoms with Crippen LogP contribution in [0.4, 0.5) is 0 Å². The summed E-state index contributed by atoms with van der Waals surface area (Å²) < 4.78 is 0. The number of amides is 1. The van der Waals surface area contributed by atoms with Crippen molar-refractivity contribution in [2.24, 2.45) is 0 Å². The SMILES string of the molecule is CCC(=O)C(=O)N(C)CC1(NC)CC1. The second-order valence-corrected chi connectivity index (χ2v) is 3.97. The predicted octanol–water partition coefficient (Wildman–Crippen LogP) is 0.176. The number of Topliss-reactive ketones (excluding diaryl/α,β-unsaturated/α-hetero) is 1. The van der Waals surface area contributed by atoms with Crippen molar-refractivity contribution in [3.63, 3.8) is 0 Å². The lowest BCUT2D eigenvalue weighted by molar-refractivity contribution is -0.143. The first kappa shape index (κ1) is 11.2. The van der Waals surface area contributed by atoms with Gasteiger partial charge in [-0.1, -0.05) is 6.92 Å². The quantitative estimate of drug-likeness (QED) is 0.641. The van der Waals surface area contributed by atoms with E-state index in [2.05, 4.69) is 5.32 Å². The maximum Gasteiger partial charge on any atom is 0.289 e. The number of nitrogens with zero attached hydrogens (tertiary/aromatic N) is 1. The highest BCUT2D eigenvalue weighted by Crippen LogP contribution is 2.35. The standard InChI is InChI=1S/C10H18N2O2/c1-4-8(13)9(14)12(3)7-10(11-2)5-6-10/h11H,4-7H2,1-3H3. The minimum Gasteiger partial charge on any atom is -0.337 e. The third kappa shape index (κ3) is 2.32. The summed E-state index contributed by atoms with van der Waals surface area (Å²) in [5.74, 6) is -0.673. The lowest BCUT2D eigenvalue weighted by atomic mass is 10.2. The zero-order valence-electron chi connectivity index (χ0n) is 9.09. The molecule has 0 aromatic heterocycles. The highest BCUT2D eigenvalue weighted by molar-refractivity contribution is 6.35. The molecule has 14 heavy (non-hydrogen) atoms. The van der Waals surface area contributed by atoms with Gasteiger partial charge in [0, 0.05) is 25.6 Å². The van der Waals surface area contributed by atoms with Crippen LogP contribution in [0, 0.1) is 0 Å². The first-order valence-electron chi connectivity index (χ1n) is 5.02. The molecule has 1 N–H and O–H groups in total. The topological polar surface area (TPSA) is 49.4 Å². The van der Waals surface area contributed by atoms with Crippen molar-refractivity contribution in [3.05, 3.63) is 0 Å². The van der Waals surface area contributed by atoms with Crippen LogP contribution < -0.4 is 5.32 Å². The monoisotopic (exact) mass is 198 g/mol. The van der Waals surface area contributed by atoms with Gasteiger partial charge in [0.05, 0.1) is 0 Å². The Hall–Kier alpha value is -0.900. The van der Waals surface area contributed by atoms with E-state index in [0.29, 0.717) is 6.54 Å². The molecule has 80 valence electrons. The molecule has 1 aliphatic carbocycles. The summed E-state index contributed by atoms with van der Waals surface area (Å²) in [7, 11) is 3.58. The van der Waals surface area contributed by atoms with Crippen LogP contribution in [0.2, 0.25) is 0 Å². The molecule has 0 atom stereocenters. The highest BCUT2D eigenvalue weighted by Gasteiger charge is 2.42. The molecule has 0 aliphatic heterocycles. The molecule has 0 bridgehead atoms. The Morgan fingerprint density at radius 1 is 1.43 bits per heavy atom. The van der Waals surface area contributed by atoms with Crippen molar-refractivity contribution in [1.82, 2.24) is 10.2 Å². The molecule has 0 saturated heterocycles. The van der Waals surface area contributed by atoms with E-state index in [-0.39, 0.29) is 23.7 Å². The molecule has 1 saturated carbocycles. The van der Waals surface area contributed by atoms with Crippen molar-refractivity contribution < 1.29 is 9.59 Å². The number of carbonyl (C=O) groups is 2. The first-order chi connectivity index (χ1) is 6.54. The van der Waals surface area contributed by atoms with E-state index in [9.17, 15) is 9.59 Å². The summed E-state index contributed by atoms with van der Waals surface area (Å²) in [5, 5.41) is 3.19. The van der Waals surface area contributed by atoms with Gasteiger partial charge in [0.15, 0.2) is 0 Å². The minimum atomic E-state index is -0.367. The molecule has 0 unspecified atom stereocenters. The third-order valence-electron chi connectivity index (χ3n) is 2.83. The molecular formula is C10H18N2O2. The zero-order chi connectivity index (χ0) is 10.8. The lowest BCUT2D eigenvalue weighted by Crippen LogP contribution is -2.44. The fraction of sp³-hybridized carbons (Fsp3) is 0.800. The van der Waals surface area contributed by atoms with Crippen molar-refractivity contribution in [2.45, 2.75) is 31.7 Å². The Kier molecular flexibility index (Phi) is 3.26. The fourth-order valence-electron chi connectivity index (χ4n) is 1.53. The summed E-state index contributed by atoms with van der Waals surface area (Å²) in [6.45, 7) is 2.34. The van der Waals surface area contributed by atoms with Crippen LogP contribution in [-0.4, -0.2) is 42.8 Å². The van der Waals surface area contributed by atoms with Gasteiger partial charge in [0.1, 0.15) is 0 Å². The van der Waals surface area contributed by atoms with Crippen LogP contribution in [0.15, 0.2) is 0 Å². The van der Waals surface area contributed by atoms with Crippen molar-refractivity contribution >= 4 is 11.7 Å². The van der Waals surface area contributed by atoms with Gasteiger partial charge in [-0.25, -0.2) is 0 Å². The second kappa shape index (κ2) is 4.09. The van der Waals surface area contributed by atoms with E-state index < -0.39 is 0 Å². The normalized spacial score (nSPS) is 17.6. The Balaban J connectivity index is 2.45. The number of hydrogen-bond acceptors (Lipinski definition) is 3. The third-order valence-corrected chi connectivity index (χ3v) is 2.83. The van der Waals surface area contributed by atoms with Gasteiger partial charge in [0.2, 0.25) is 5.78 Å². The van der Waals surface area contributed by atoms with E-state index >= 15 is 0 Å². The van der Waals surface area contributed by atoms with Crippen LogP contribution in [0.3, 0.4) is 0 Å². The zero-order valence-corrected chi connectivity index (χ0v) is 9.09. The minimum absolute atomic E-state index is 0.0818. The molecule has 1 rings (SSSR count). The van der Waals surface area contributed by atoms with E-state index in [1.165, 1.54) is 4.90 Å². The first-order valence-corrected chi connectivity index (χ1v) is 5.02. The van der Waals surface area contributed by atoms with Gasteiger partial charge in [-0.2, -0.15) is 0 Å². The molecule has 0 spiro atoms. The molecule has 1 amide bonds. The van der Waals surface area contributed by atoms with Crippen LogP contribution in [-0.2, 0) is 9.59 Å². The number of ketones is 1. The largest absolute Gasteiger partial charge is 0.337 e. The van der Waals surface area contributed by atoms with Crippen LogP contribution in [0.25, 0.3) is 0 Å². The lowest BCUT2D eigenvalue weighted by Gasteiger charge is -2.22. The maximum atomic E-state index is 11.4. The van der Waals surface area contributed by atoms with E-state index in [1.807, 2.05) is 7.05 Å². The van der Waals surface area contributed by atoms with Gasteiger partial charge in [0.25, 0.3) is 5.91 Å². The van der Waals surface area contributed by atoms with Gasteiger partial charge in [-0.3, -0.25) is 9.59 Å². The summed E-state index contributed by atoms with van der Waals surface area (Å²) >= 11 is 0. The van der Waals surface area contributed by atoms with Gasteiger partial charge >= 0.3 is 0 Å². The van der Waals surface area contributed by atoms with E-state index in [1.54, 1.807) is 14.0 Å². The summed E-state index contributed by atoms with van der Waals surface area (Å²) in [6.07, 6.45) is 2.46. The molecule has 0 radical (unpaired) electrons. The summed E-state index contributed by atoms with van der Waals surface area (Å²) in [4.78, 5) is 24.1. The van der Waals surface area contributed by atoms with Crippen LogP contribution in [0.1, 0.15) is 26.2 Å². The van der Waals surface area contributed by atoms with Gasteiger partial charge < -0.3 is 10.2 Å². The van der Waals surface area contributed by atoms with Crippen molar-refractivity contribution in [3.8, 4) is 0 Å². The molecule has 1 fully saturated rings. The van der Waals surface area contributed by atoms with E-state index in [0.717, 1.165) is 12.8 Å². The molecule has 4 heteroatoms. The number of carbonyl (C=O) groups excluding carboxylic acids is 2. The predicted molar refractivity (Wildman–Crippen MR) is 54.0 cm³/mol. The molecule has 1 aliphatic rings. The number of hydrogen-bond donors (Lipinski definition) is 1. The summed E-state index contributed by atoms with van der Waals surface area (Å²) in [6, 6.07) is 0. The molecule has 4 nitrogen and oxygen atoms in total. The average Bonchev–Trinajstić information content (AvgIpc) is 2.96. The number of rotatable bonds is 5. The molecular weight excluding hydrogens is 180 g/mol. The van der Waals surface area contributed by atoms with Crippen LogP contribution in [0.5, 0.6) is 0 Å². The Labute approximate surface area is 84.7 Å². The molecule has 0 aromatic rings. The highest BCUT2D eigenvalue weighted by atomic mass is 16.2. The average molecular weight is 198 g/mol. The maximum absolute atomic E-state index is 11.4. The number of likely N-dealkylation sites (N-methyl/N-ethyl adjacent to an activating group) is 2. The Morgan fingerprint density at radius 3 is 2.36 bits per heavy atom. The van der Waals surface area contributed by atoms with Crippen LogP contribution >= 0.6 is 0 Å². The smallest absolute Gasteiger partial charge is 0.289 e. The van der Waals surface area contributed by atoms with Gasteiger partial charge in [-0.05, 0) is 19.9 Å². The Bertz CT molecular complexity index is 247. The fourth-order valence-corrected chi connectivity index (χ4v) is 1.53. The number of nitrogens with one attached hydrogen (secondary N) is 1. The van der Waals surface area contributed by atoms with Gasteiger partial charge in [-0.15, -0.1) is 0 Å². The molecule has 0 heterocycles.